The number of rotatable bonds is 27. The molecule has 1 atom stereocenters. The molecule has 1 unspecified atom stereocenters. The zero-order valence-corrected chi connectivity index (χ0v) is 21.9. The highest BCUT2D eigenvalue weighted by Gasteiger charge is 2.08. The number of ether oxygens (including phenoxy) is 2. The van der Waals surface area contributed by atoms with Crippen molar-refractivity contribution in [2.24, 2.45) is 0 Å². The Hall–Kier alpha value is -0.120. The van der Waals surface area contributed by atoms with Crippen LogP contribution in [0, 0.1) is 0 Å². The summed E-state index contributed by atoms with van der Waals surface area (Å²) in [6.45, 7) is 7.95. The smallest absolute Gasteiger partial charge is 0.0932 e. The molecule has 0 amide bonds. The van der Waals surface area contributed by atoms with Crippen molar-refractivity contribution in [3.8, 4) is 0 Å². The lowest BCUT2D eigenvalue weighted by molar-refractivity contribution is -0.0167. The predicted octanol–water partition coefficient (Wildman–Crippen LogP) is 8.45. The van der Waals surface area contributed by atoms with Gasteiger partial charge in [-0.2, -0.15) is 0 Å². The largest absolute Gasteiger partial charge is 0.379 e. The van der Waals surface area contributed by atoms with Crippen molar-refractivity contribution >= 4 is 0 Å². The molecule has 0 aliphatic rings. The summed E-state index contributed by atoms with van der Waals surface area (Å²) in [5.41, 5.74) is 0. The first-order valence-electron chi connectivity index (χ1n) is 14.2. The summed E-state index contributed by atoms with van der Waals surface area (Å²) in [5, 5.41) is 3.25. The number of hydrogen-bond acceptors (Lipinski definition) is 3. The van der Waals surface area contributed by atoms with Gasteiger partial charge in [0.1, 0.15) is 0 Å². The summed E-state index contributed by atoms with van der Waals surface area (Å²) in [7, 11) is 2.00. The van der Waals surface area contributed by atoms with E-state index in [1.54, 1.807) is 0 Å². The van der Waals surface area contributed by atoms with E-state index in [1.165, 1.54) is 128 Å². The summed E-state index contributed by atoms with van der Waals surface area (Å²) in [4.78, 5) is 0. The molecule has 0 aliphatic carbocycles. The molecule has 0 aromatic rings. The minimum atomic E-state index is 0.201. The van der Waals surface area contributed by atoms with Crippen LogP contribution in [0.15, 0.2) is 0 Å². The van der Waals surface area contributed by atoms with Crippen LogP contribution in [0.4, 0.5) is 0 Å². The highest BCUT2D eigenvalue weighted by molar-refractivity contribution is 4.60. The zero-order valence-electron chi connectivity index (χ0n) is 21.9. The zero-order chi connectivity index (χ0) is 22.7. The Bertz CT molecular complexity index is 311. The molecule has 0 saturated carbocycles. The molecule has 0 heterocycles. The maximum atomic E-state index is 6.07. The van der Waals surface area contributed by atoms with Crippen LogP contribution in [0.3, 0.4) is 0 Å². The molecule has 188 valence electrons. The third-order valence-electron chi connectivity index (χ3n) is 6.23. The minimum absolute atomic E-state index is 0.201. The van der Waals surface area contributed by atoms with Gasteiger partial charge in [0.2, 0.25) is 0 Å². The highest BCUT2D eigenvalue weighted by atomic mass is 16.5. The van der Waals surface area contributed by atoms with Gasteiger partial charge >= 0.3 is 0 Å². The standard InChI is InChI=1S/C28H59NO2/c1-4-6-8-10-12-14-16-18-20-22-24-30-27-28(26-29-3)31-25-23-21-19-17-15-13-11-9-7-5-2/h28-29H,4-27H2,1-3H3. The van der Waals surface area contributed by atoms with Gasteiger partial charge in [-0.3, -0.25) is 0 Å². The van der Waals surface area contributed by atoms with Gasteiger partial charge in [0.15, 0.2) is 0 Å². The van der Waals surface area contributed by atoms with E-state index in [9.17, 15) is 0 Å². The first kappa shape index (κ1) is 30.9. The summed E-state index contributed by atoms with van der Waals surface area (Å²) in [5.74, 6) is 0. The Kier molecular flexibility index (Phi) is 27.8. The Labute approximate surface area is 196 Å². The number of likely N-dealkylation sites (N-methyl/N-ethyl adjacent to an activating group) is 1. The van der Waals surface area contributed by atoms with Crippen molar-refractivity contribution in [2.75, 3.05) is 33.4 Å². The second-order valence-electron chi connectivity index (χ2n) is 9.49. The Morgan fingerprint density at radius 3 is 1.32 bits per heavy atom. The van der Waals surface area contributed by atoms with Gasteiger partial charge in [-0.25, -0.2) is 0 Å². The maximum absolute atomic E-state index is 6.07. The lowest BCUT2D eigenvalue weighted by Crippen LogP contribution is -2.31. The molecule has 0 aromatic carbocycles. The van der Waals surface area contributed by atoms with Gasteiger partial charge in [0, 0.05) is 19.8 Å². The van der Waals surface area contributed by atoms with Crippen molar-refractivity contribution in [3.63, 3.8) is 0 Å². The van der Waals surface area contributed by atoms with Crippen LogP contribution in [0.25, 0.3) is 0 Å². The molecular weight excluding hydrogens is 382 g/mol. The second-order valence-corrected chi connectivity index (χ2v) is 9.49. The molecule has 0 bridgehead atoms. The molecule has 1 N–H and O–H groups in total. The average Bonchev–Trinajstić information content (AvgIpc) is 2.78. The molecule has 3 nitrogen and oxygen atoms in total. The van der Waals surface area contributed by atoms with Crippen LogP contribution in [0.5, 0.6) is 0 Å². The third kappa shape index (κ3) is 26.0. The molecule has 0 saturated heterocycles. The Morgan fingerprint density at radius 2 is 0.903 bits per heavy atom. The van der Waals surface area contributed by atoms with Crippen molar-refractivity contribution in [1.82, 2.24) is 5.32 Å². The van der Waals surface area contributed by atoms with Crippen LogP contribution in [-0.2, 0) is 9.47 Å². The van der Waals surface area contributed by atoms with E-state index in [4.69, 9.17) is 9.47 Å². The van der Waals surface area contributed by atoms with Gasteiger partial charge < -0.3 is 14.8 Å². The lowest BCUT2D eigenvalue weighted by atomic mass is 10.1. The summed E-state index contributed by atoms with van der Waals surface area (Å²) in [6, 6.07) is 0. The van der Waals surface area contributed by atoms with Crippen molar-refractivity contribution < 1.29 is 9.47 Å². The fourth-order valence-corrected chi connectivity index (χ4v) is 4.14. The maximum Gasteiger partial charge on any atom is 0.0932 e. The van der Waals surface area contributed by atoms with Crippen LogP contribution < -0.4 is 5.32 Å². The minimum Gasteiger partial charge on any atom is -0.379 e. The molecule has 0 radical (unpaired) electrons. The monoisotopic (exact) mass is 441 g/mol. The molecule has 31 heavy (non-hydrogen) atoms. The van der Waals surface area contributed by atoms with E-state index < -0.39 is 0 Å². The van der Waals surface area contributed by atoms with Gasteiger partial charge in [-0.05, 0) is 19.9 Å². The van der Waals surface area contributed by atoms with E-state index in [0.29, 0.717) is 0 Å². The van der Waals surface area contributed by atoms with Crippen molar-refractivity contribution in [3.05, 3.63) is 0 Å². The highest BCUT2D eigenvalue weighted by Crippen LogP contribution is 2.12. The summed E-state index contributed by atoms with van der Waals surface area (Å²) < 4.78 is 12.0. The van der Waals surface area contributed by atoms with Gasteiger partial charge in [-0.1, -0.05) is 129 Å². The van der Waals surface area contributed by atoms with Crippen LogP contribution in [-0.4, -0.2) is 39.5 Å². The molecule has 3 heteroatoms. The summed E-state index contributed by atoms with van der Waals surface area (Å²) >= 11 is 0. The fraction of sp³-hybridized carbons (Fsp3) is 1.00. The lowest BCUT2D eigenvalue weighted by Gasteiger charge is -2.18. The molecule has 0 aromatic heterocycles. The van der Waals surface area contributed by atoms with E-state index in [1.807, 2.05) is 7.05 Å². The molecule has 0 aliphatic heterocycles. The van der Waals surface area contributed by atoms with E-state index in [0.717, 1.165) is 26.4 Å². The summed E-state index contributed by atoms with van der Waals surface area (Å²) in [6.07, 6.45) is 27.7. The van der Waals surface area contributed by atoms with Gasteiger partial charge in [-0.15, -0.1) is 0 Å². The third-order valence-corrected chi connectivity index (χ3v) is 6.23. The molecule has 0 spiro atoms. The van der Waals surface area contributed by atoms with Crippen LogP contribution in [0.2, 0.25) is 0 Å². The number of unbranched alkanes of at least 4 members (excludes halogenated alkanes) is 18. The van der Waals surface area contributed by atoms with E-state index >= 15 is 0 Å². The van der Waals surface area contributed by atoms with E-state index in [-0.39, 0.29) is 6.10 Å². The second kappa shape index (κ2) is 27.9. The van der Waals surface area contributed by atoms with Gasteiger partial charge in [0.05, 0.1) is 12.7 Å². The van der Waals surface area contributed by atoms with E-state index in [2.05, 4.69) is 19.2 Å². The van der Waals surface area contributed by atoms with Crippen LogP contribution >= 0.6 is 0 Å². The fourth-order valence-electron chi connectivity index (χ4n) is 4.14. The van der Waals surface area contributed by atoms with Crippen molar-refractivity contribution in [2.45, 2.75) is 148 Å². The molecular formula is C28H59NO2. The molecule has 0 rings (SSSR count). The Morgan fingerprint density at radius 1 is 0.516 bits per heavy atom. The number of nitrogens with one attached hydrogen (secondary N) is 1. The average molecular weight is 442 g/mol. The SMILES string of the molecule is CCCCCCCCCCCCOCC(CNC)OCCCCCCCCCCCC. The quantitative estimate of drug-likeness (QED) is 0.130. The molecule has 0 fully saturated rings. The predicted molar refractivity (Wildman–Crippen MR) is 138 cm³/mol. The van der Waals surface area contributed by atoms with Crippen LogP contribution in [0.1, 0.15) is 142 Å². The first-order valence-corrected chi connectivity index (χ1v) is 14.2. The number of hydrogen-bond donors (Lipinski definition) is 1. The normalized spacial score (nSPS) is 12.5. The van der Waals surface area contributed by atoms with Crippen molar-refractivity contribution in [1.29, 1.82) is 0 Å². The Balaban J connectivity index is 3.39. The topological polar surface area (TPSA) is 30.5 Å². The first-order chi connectivity index (χ1) is 15.3. The van der Waals surface area contributed by atoms with Gasteiger partial charge in [0.25, 0.3) is 0 Å².